The number of nitrogens with one attached hydrogen (secondary N) is 1. The lowest BCUT2D eigenvalue weighted by atomic mass is 10.0. The third-order valence-corrected chi connectivity index (χ3v) is 6.01. The van der Waals surface area contributed by atoms with E-state index in [4.69, 9.17) is 4.74 Å². The van der Waals surface area contributed by atoms with Crippen molar-refractivity contribution in [3.63, 3.8) is 0 Å². The lowest BCUT2D eigenvalue weighted by Gasteiger charge is -2.18. The van der Waals surface area contributed by atoms with Crippen LogP contribution < -0.4 is 10.1 Å². The first-order chi connectivity index (χ1) is 10.2. The summed E-state index contributed by atoms with van der Waals surface area (Å²) in [6.07, 6.45) is 2.16. The molecule has 112 valence electrons. The molecule has 1 atom stereocenters. The van der Waals surface area contributed by atoms with Crippen LogP contribution in [0.2, 0.25) is 0 Å². The number of aryl methyl sites for hydroxylation is 1. The topological polar surface area (TPSA) is 21.3 Å². The van der Waals surface area contributed by atoms with E-state index in [-0.39, 0.29) is 6.04 Å². The van der Waals surface area contributed by atoms with Crippen LogP contribution in [0.4, 0.5) is 0 Å². The van der Waals surface area contributed by atoms with Gasteiger partial charge in [0.25, 0.3) is 0 Å². The first-order valence-electron chi connectivity index (χ1n) is 7.44. The monoisotopic (exact) mass is 365 g/mol. The van der Waals surface area contributed by atoms with Crippen LogP contribution in [0.15, 0.2) is 28.7 Å². The highest BCUT2D eigenvalue weighted by atomic mass is 79.9. The molecular weight excluding hydrogens is 346 g/mol. The van der Waals surface area contributed by atoms with Gasteiger partial charge in [-0.25, -0.2) is 0 Å². The summed E-state index contributed by atoms with van der Waals surface area (Å²) < 4.78 is 6.82. The van der Waals surface area contributed by atoms with E-state index in [9.17, 15) is 0 Å². The van der Waals surface area contributed by atoms with Crippen LogP contribution >= 0.6 is 27.3 Å². The fraction of sp³-hybridized carbons (Fsp3) is 0.412. The number of benzene rings is 1. The van der Waals surface area contributed by atoms with Crippen molar-refractivity contribution in [2.45, 2.75) is 32.7 Å². The van der Waals surface area contributed by atoms with Gasteiger partial charge < -0.3 is 10.1 Å². The molecule has 0 spiro atoms. The molecule has 2 aromatic rings. The Labute approximate surface area is 138 Å². The van der Waals surface area contributed by atoms with E-state index in [0.717, 1.165) is 31.7 Å². The Kier molecular flexibility index (Phi) is 4.67. The largest absolute Gasteiger partial charge is 0.493 e. The molecule has 2 nitrogen and oxygen atoms in total. The number of hydrogen-bond acceptors (Lipinski definition) is 3. The molecule has 0 saturated heterocycles. The fourth-order valence-electron chi connectivity index (χ4n) is 2.68. The molecule has 4 heteroatoms. The van der Waals surface area contributed by atoms with E-state index in [1.165, 1.54) is 25.4 Å². The third-order valence-electron chi connectivity index (χ3n) is 3.81. The highest BCUT2D eigenvalue weighted by Crippen LogP contribution is 2.36. The van der Waals surface area contributed by atoms with Crippen LogP contribution in [0, 0.1) is 6.92 Å². The van der Waals surface area contributed by atoms with Crippen LogP contribution in [-0.4, -0.2) is 13.2 Å². The average molecular weight is 366 g/mol. The number of rotatable bonds is 5. The highest BCUT2D eigenvalue weighted by molar-refractivity contribution is 9.10. The number of halogens is 1. The summed E-state index contributed by atoms with van der Waals surface area (Å²) in [4.78, 5) is 2.70. The Morgan fingerprint density at radius 3 is 2.95 bits per heavy atom. The number of ether oxygens (including phenoxy) is 1. The van der Waals surface area contributed by atoms with Crippen molar-refractivity contribution in [1.82, 2.24) is 5.32 Å². The van der Waals surface area contributed by atoms with Gasteiger partial charge >= 0.3 is 0 Å². The van der Waals surface area contributed by atoms with Crippen LogP contribution in [0.25, 0.3) is 0 Å². The number of fused-ring (bicyclic) bond motifs is 1. The van der Waals surface area contributed by atoms with E-state index in [1.54, 1.807) is 0 Å². The molecule has 1 aromatic carbocycles. The number of hydrogen-bond donors (Lipinski definition) is 1. The molecule has 0 radical (unpaired) electrons. The van der Waals surface area contributed by atoms with Crippen LogP contribution in [-0.2, 0) is 6.42 Å². The van der Waals surface area contributed by atoms with Gasteiger partial charge in [-0.05, 0) is 59.1 Å². The lowest BCUT2D eigenvalue weighted by molar-refractivity contribution is 0.357. The molecular formula is C17H20BrNOS. The Morgan fingerprint density at radius 2 is 2.24 bits per heavy atom. The lowest BCUT2D eigenvalue weighted by Crippen LogP contribution is -2.22. The summed E-state index contributed by atoms with van der Waals surface area (Å²) >= 11 is 5.50. The second kappa shape index (κ2) is 6.51. The molecule has 0 saturated carbocycles. The van der Waals surface area contributed by atoms with Gasteiger partial charge in [0.1, 0.15) is 5.75 Å². The molecule has 0 aliphatic carbocycles. The van der Waals surface area contributed by atoms with Crippen molar-refractivity contribution in [2.24, 2.45) is 0 Å². The summed E-state index contributed by atoms with van der Waals surface area (Å²) in [7, 11) is 0. The molecule has 1 aliphatic rings. The van der Waals surface area contributed by atoms with Crippen molar-refractivity contribution in [3.8, 4) is 5.75 Å². The van der Waals surface area contributed by atoms with Gasteiger partial charge in [0.2, 0.25) is 0 Å². The summed E-state index contributed by atoms with van der Waals surface area (Å²) in [5.41, 5.74) is 2.67. The first kappa shape index (κ1) is 15.1. The average Bonchev–Trinajstić information content (AvgIpc) is 3.06. The van der Waals surface area contributed by atoms with Crippen LogP contribution in [0.5, 0.6) is 5.75 Å². The summed E-state index contributed by atoms with van der Waals surface area (Å²) in [5, 5.41) is 3.68. The second-order valence-electron chi connectivity index (χ2n) is 5.41. The van der Waals surface area contributed by atoms with Gasteiger partial charge in [0.15, 0.2) is 0 Å². The van der Waals surface area contributed by atoms with Crippen LogP contribution in [0.1, 0.15) is 40.3 Å². The maximum absolute atomic E-state index is 5.62. The molecule has 0 bridgehead atoms. The van der Waals surface area contributed by atoms with Crippen molar-refractivity contribution < 1.29 is 4.74 Å². The van der Waals surface area contributed by atoms with Gasteiger partial charge in [-0.15, -0.1) is 11.3 Å². The van der Waals surface area contributed by atoms with Gasteiger partial charge in [-0.2, -0.15) is 0 Å². The van der Waals surface area contributed by atoms with E-state index < -0.39 is 0 Å². The minimum atomic E-state index is 0.269. The molecule has 1 N–H and O–H groups in total. The smallest absolute Gasteiger partial charge is 0.122 e. The van der Waals surface area contributed by atoms with E-state index in [2.05, 4.69) is 59.4 Å². The zero-order valence-electron chi connectivity index (χ0n) is 12.4. The van der Waals surface area contributed by atoms with Gasteiger partial charge in [0.05, 0.1) is 12.6 Å². The summed E-state index contributed by atoms with van der Waals surface area (Å²) in [5.74, 6) is 1.05. The number of thiophene rings is 1. The molecule has 1 aromatic heterocycles. The quantitative estimate of drug-likeness (QED) is 0.817. The Morgan fingerprint density at radius 1 is 1.38 bits per heavy atom. The molecule has 0 amide bonds. The van der Waals surface area contributed by atoms with Gasteiger partial charge in [0, 0.05) is 20.6 Å². The maximum Gasteiger partial charge on any atom is 0.122 e. The van der Waals surface area contributed by atoms with Gasteiger partial charge in [-0.3, -0.25) is 0 Å². The zero-order valence-corrected chi connectivity index (χ0v) is 14.8. The second-order valence-corrected chi connectivity index (χ2v) is 7.55. The zero-order chi connectivity index (χ0) is 14.8. The summed E-state index contributed by atoms with van der Waals surface area (Å²) in [6, 6.07) is 9.13. The van der Waals surface area contributed by atoms with E-state index in [1.807, 2.05) is 11.3 Å². The van der Waals surface area contributed by atoms with Crippen molar-refractivity contribution in [2.75, 3.05) is 13.2 Å². The van der Waals surface area contributed by atoms with E-state index in [0.29, 0.717) is 0 Å². The molecule has 0 fully saturated rings. The maximum atomic E-state index is 5.62. The Hall–Kier alpha value is -0.840. The first-order valence-corrected chi connectivity index (χ1v) is 9.05. The van der Waals surface area contributed by atoms with Crippen LogP contribution in [0.3, 0.4) is 0 Å². The molecule has 1 aliphatic heterocycles. The highest BCUT2D eigenvalue weighted by Gasteiger charge is 2.20. The molecule has 2 heterocycles. The molecule has 21 heavy (non-hydrogen) atoms. The summed E-state index contributed by atoms with van der Waals surface area (Å²) in [6.45, 7) is 6.20. The van der Waals surface area contributed by atoms with Crippen molar-refractivity contribution in [1.29, 1.82) is 0 Å². The minimum absolute atomic E-state index is 0.269. The predicted octanol–water partition coefficient (Wildman–Crippen LogP) is 4.84. The van der Waals surface area contributed by atoms with Gasteiger partial charge in [-0.1, -0.05) is 19.1 Å². The minimum Gasteiger partial charge on any atom is -0.493 e. The molecule has 1 unspecified atom stereocenters. The van der Waals surface area contributed by atoms with E-state index >= 15 is 0 Å². The SMILES string of the molecule is CCCNC(c1ccc2c(c1)CCO2)c1cc(Br)c(C)s1. The van der Waals surface area contributed by atoms with Crippen molar-refractivity contribution >= 4 is 27.3 Å². The fourth-order valence-corrected chi connectivity index (χ4v) is 4.35. The predicted molar refractivity (Wildman–Crippen MR) is 92.5 cm³/mol. The third kappa shape index (κ3) is 3.17. The normalized spacial score (nSPS) is 14.8. The van der Waals surface area contributed by atoms with Crippen molar-refractivity contribution in [3.05, 3.63) is 49.6 Å². The Balaban J connectivity index is 1.95. The molecule has 3 rings (SSSR count). The standard InChI is InChI=1S/C17H20BrNOS/c1-3-7-19-17(16-10-14(18)11(2)21-16)13-4-5-15-12(9-13)6-8-20-15/h4-5,9-10,17,19H,3,6-8H2,1-2H3. The Bertz CT molecular complexity index is 618.